The van der Waals surface area contributed by atoms with Gasteiger partial charge in [-0.1, -0.05) is 0 Å². The number of aryl methyl sites for hydroxylation is 1. The van der Waals surface area contributed by atoms with Gasteiger partial charge in [0.25, 0.3) is 5.91 Å². The standard InChI is InChI=1S/C14H21N3O2/c1-4-19-11-6-10(7-11)17-14(18)12-8-16-9(2)5-13(12)15-3/h5,8,10-11H,4,6-7H2,1-3H3,(H,15,16)(H,17,18). The molecule has 0 spiro atoms. The molecule has 5 nitrogen and oxygen atoms in total. The number of nitrogens with zero attached hydrogens (tertiary/aromatic N) is 1. The summed E-state index contributed by atoms with van der Waals surface area (Å²) >= 11 is 0. The monoisotopic (exact) mass is 263 g/mol. The van der Waals surface area contributed by atoms with Crippen LogP contribution in [0.2, 0.25) is 0 Å². The second kappa shape index (κ2) is 6.02. The minimum Gasteiger partial charge on any atom is -0.387 e. The molecule has 0 bridgehead atoms. The van der Waals surface area contributed by atoms with E-state index >= 15 is 0 Å². The van der Waals surface area contributed by atoms with Crippen LogP contribution >= 0.6 is 0 Å². The van der Waals surface area contributed by atoms with Gasteiger partial charge >= 0.3 is 0 Å². The normalized spacial score (nSPS) is 21.6. The van der Waals surface area contributed by atoms with Gasteiger partial charge in [0.05, 0.1) is 17.4 Å². The first kappa shape index (κ1) is 13.8. The van der Waals surface area contributed by atoms with E-state index in [1.807, 2.05) is 19.9 Å². The molecule has 2 rings (SSSR count). The lowest BCUT2D eigenvalue weighted by Gasteiger charge is -2.35. The first-order chi connectivity index (χ1) is 9.13. The van der Waals surface area contributed by atoms with Crippen molar-refractivity contribution in [3.63, 3.8) is 0 Å². The molecule has 1 aliphatic rings. The molecule has 0 unspecified atom stereocenters. The molecule has 104 valence electrons. The van der Waals surface area contributed by atoms with Crippen LogP contribution in [0.25, 0.3) is 0 Å². The van der Waals surface area contributed by atoms with Crippen molar-refractivity contribution in [3.8, 4) is 0 Å². The lowest BCUT2D eigenvalue weighted by atomic mass is 9.89. The third kappa shape index (κ3) is 3.23. The Morgan fingerprint density at radius 2 is 2.26 bits per heavy atom. The third-order valence-electron chi connectivity index (χ3n) is 3.39. The average Bonchev–Trinajstić information content (AvgIpc) is 2.35. The Morgan fingerprint density at radius 1 is 1.53 bits per heavy atom. The van der Waals surface area contributed by atoms with Gasteiger partial charge in [0, 0.05) is 31.6 Å². The topological polar surface area (TPSA) is 63.2 Å². The van der Waals surface area contributed by atoms with Crippen molar-refractivity contribution in [2.45, 2.75) is 38.8 Å². The van der Waals surface area contributed by atoms with Gasteiger partial charge in [0.2, 0.25) is 0 Å². The average molecular weight is 263 g/mol. The van der Waals surface area contributed by atoms with Crippen LogP contribution in [-0.2, 0) is 4.74 Å². The molecule has 5 heteroatoms. The highest BCUT2D eigenvalue weighted by Crippen LogP contribution is 2.24. The van der Waals surface area contributed by atoms with Gasteiger partial charge in [-0.25, -0.2) is 0 Å². The molecule has 1 fully saturated rings. The van der Waals surface area contributed by atoms with Crippen LogP contribution < -0.4 is 10.6 Å². The zero-order valence-corrected chi connectivity index (χ0v) is 11.7. The van der Waals surface area contributed by atoms with Crippen molar-refractivity contribution in [2.24, 2.45) is 0 Å². The van der Waals surface area contributed by atoms with E-state index in [9.17, 15) is 4.79 Å². The number of amides is 1. The molecule has 1 saturated carbocycles. The number of nitrogens with one attached hydrogen (secondary N) is 2. The van der Waals surface area contributed by atoms with Gasteiger partial charge in [0.15, 0.2) is 0 Å². The smallest absolute Gasteiger partial charge is 0.255 e. The Bertz CT molecular complexity index is 456. The molecule has 1 heterocycles. The van der Waals surface area contributed by atoms with Crippen LogP contribution in [0, 0.1) is 6.92 Å². The van der Waals surface area contributed by atoms with Crippen molar-refractivity contribution < 1.29 is 9.53 Å². The van der Waals surface area contributed by atoms with Crippen LogP contribution in [0.15, 0.2) is 12.3 Å². The summed E-state index contributed by atoms with van der Waals surface area (Å²) in [4.78, 5) is 16.4. The molecule has 0 radical (unpaired) electrons. The maximum Gasteiger partial charge on any atom is 0.255 e. The first-order valence-electron chi connectivity index (χ1n) is 6.71. The Balaban J connectivity index is 1.94. The summed E-state index contributed by atoms with van der Waals surface area (Å²) in [6.07, 6.45) is 3.71. The molecule has 1 aromatic rings. The fourth-order valence-corrected chi connectivity index (χ4v) is 2.27. The maximum absolute atomic E-state index is 12.2. The van der Waals surface area contributed by atoms with Gasteiger partial charge in [-0.15, -0.1) is 0 Å². The van der Waals surface area contributed by atoms with E-state index in [1.165, 1.54) is 0 Å². The largest absolute Gasteiger partial charge is 0.387 e. The van der Waals surface area contributed by atoms with Crippen LogP contribution in [0.4, 0.5) is 5.69 Å². The highest BCUT2D eigenvalue weighted by Gasteiger charge is 2.31. The van der Waals surface area contributed by atoms with E-state index in [1.54, 1.807) is 13.2 Å². The molecule has 1 aliphatic carbocycles. The summed E-state index contributed by atoms with van der Waals surface area (Å²) in [7, 11) is 1.81. The SMILES string of the molecule is CCOC1CC(NC(=O)c2cnc(C)cc2NC)C1. The number of aromatic nitrogens is 1. The number of hydrogen-bond donors (Lipinski definition) is 2. The van der Waals surface area contributed by atoms with E-state index in [-0.39, 0.29) is 11.9 Å². The molecule has 0 saturated heterocycles. The highest BCUT2D eigenvalue weighted by molar-refractivity contribution is 5.99. The van der Waals surface area contributed by atoms with Gasteiger partial charge in [-0.05, 0) is 32.8 Å². The fourth-order valence-electron chi connectivity index (χ4n) is 2.27. The van der Waals surface area contributed by atoms with E-state index in [4.69, 9.17) is 4.74 Å². The molecule has 1 aromatic heterocycles. The minimum atomic E-state index is -0.0724. The summed E-state index contributed by atoms with van der Waals surface area (Å²) < 4.78 is 5.48. The van der Waals surface area contributed by atoms with E-state index in [0.717, 1.165) is 30.8 Å². The minimum absolute atomic E-state index is 0.0724. The number of anilines is 1. The van der Waals surface area contributed by atoms with E-state index in [2.05, 4.69) is 15.6 Å². The lowest BCUT2D eigenvalue weighted by molar-refractivity contribution is -0.00862. The van der Waals surface area contributed by atoms with E-state index in [0.29, 0.717) is 11.7 Å². The van der Waals surface area contributed by atoms with Crippen molar-refractivity contribution in [2.75, 3.05) is 19.0 Å². The summed E-state index contributed by atoms with van der Waals surface area (Å²) in [6.45, 7) is 4.63. The number of pyridine rings is 1. The van der Waals surface area contributed by atoms with Crippen molar-refractivity contribution in [3.05, 3.63) is 23.5 Å². The van der Waals surface area contributed by atoms with Crippen LogP contribution in [0.5, 0.6) is 0 Å². The van der Waals surface area contributed by atoms with E-state index < -0.39 is 0 Å². The zero-order valence-electron chi connectivity index (χ0n) is 11.7. The second-order valence-electron chi connectivity index (χ2n) is 4.84. The zero-order chi connectivity index (χ0) is 13.8. The predicted molar refractivity (Wildman–Crippen MR) is 74.4 cm³/mol. The Labute approximate surface area is 113 Å². The summed E-state index contributed by atoms with van der Waals surface area (Å²) in [5, 5.41) is 6.05. The number of hydrogen-bond acceptors (Lipinski definition) is 4. The maximum atomic E-state index is 12.2. The molecule has 1 amide bonds. The summed E-state index contributed by atoms with van der Waals surface area (Å²) in [5.74, 6) is -0.0724. The molecule has 0 atom stereocenters. The van der Waals surface area contributed by atoms with Gasteiger partial charge in [0.1, 0.15) is 0 Å². The fraction of sp³-hybridized carbons (Fsp3) is 0.571. The highest BCUT2D eigenvalue weighted by atomic mass is 16.5. The van der Waals surface area contributed by atoms with Gasteiger partial charge in [-0.3, -0.25) is 9.78 Å². The van der Waals surface area contributed by atoms with Gasteiger partial charge in [-0.2, -0.15) is 0 Å². The molecule has 0 aliphatic heterocycles. The number of ether oxygens (including phenoxy) is 1. The summed E-state index contributed by atoms with van der Waals surface area (Å²) in [5.41, 5.74) is 2.29. The number of carbonyl (C=O) groups excluding carboxylic acids is 1. The molecule has 19 heavy (non-hydrogen) atoms. The number of rotatable bonds is 5. The molecular weight excluding hydrogens is 242 g/mol. The number of carbonyl (C=O) groups is 1. The quantitative estimate of drug-likeness (QED) is 0.849. The van der Waals surface area contributed by atoms with Crippen molar-refractivity contribution in [1.29, 1.82) is 0 Å². The predicted octanol–water partition coefficient (Wildman–Crippen LogP) is 1.73. The third-order valence-corrected chi connectivity index (χ3v) is 3.39. The molecule has 0 aromatic carbocycles. The Kier molecular flexibility index (Phi) is 4.37. The van der Waals surface area contributed by atoms with Crippen LogP contribution in [0.1, 0.15) is 35.8 Å². The Morgan fingerprint density at radius 3 is 2.89 bits per heavy atom. The van der Waals surface area contributed by atoms with Gasteiger partial charge < -0.3 is 15.4 Å². The van der Waals surface area contributed by atoms with Crippen molar-refractivity contribution >= 4 is 11.6 Å². The Hall–Kier alpha value is -1.62. The van der Waals surface area contributed by atoms with Crippen molar-refractivity contribution in [1.82, 2.24) is 10.3 Å². The van der Waals surface area contributed by atoms with Crippen LogP contribution in [0.3, 0.4) is 0 Å². The molecular formula is C14H21N3O2. The second-order valence-corrected chi connectivity index (χ2v) is 4.84. The van der Waals surface area contributed by atoms with Crippen LogP contribution in [-0.4, -0.2) is 36.7 Å². The first-order valence-corrected chi connectivity index (χ1v) is 6.71. The summed E-state index contributed by atoms with van der Waals surface area (Å²) in [6, 6.07) is 2.09. The molecule has 2 N–H and O–H groups in total. The lowest BCUT2D eigenvalue weighted by Crippen LogP contribution is -2.47.